The van der Waals surface area contributed by atoms with E-state index >= 15 is 0 Å². The third-order valence-electron chi connectivity index (χ3n) is 5.57. The number of ketones is 1. The molecule has 0 aromatic heterocycles. The zero-order chi connectivity index (χ0) is 21.3. The van der Waals surface area contributed by atoms with Crippen LogP contribution in [0.3, 0.4) is 0 Å². The minimum atomic E-state index is -0.486. The molecule has 1 aliphatic heterocycles. The Morgan fingerprint density at radius 2 is 1.93 bits per heavy atom. The van der Waals surface area contributed by atoms with E-state index in [4.69, 9.17) is 4.74 Å². The summed E-state index contributed by atoms with van der Waals surface area (Å²) in [6.45, 7) is 2.38. The highest BCUT2D eigenvalue weighted by Gasteiger charge is 2.40. The van der Waals surface area contributed by atoms with E-state index in [1.165, 1.54) is 17.0 Å². The summed E-state index contributed by atoms with van der Waals surface area (Å²) in [7, 11) is 0. The summed E-state index contributed by atoms with van der Waals surface area (Å²) in [5.74, 6) is 0.139. The summed E-state index contributed by atoms with van der Waals surface area (Å²) in [6.07, 6.45) is 1.76. The molecule has 2 aliphatic rings. The lowest BCUT2D eigenvalue weighted by Gasteiger charge is -2.38. The second-order valence-corrected chi connectivity index (χ2v) is 7.37. The third kappa shape index (κ3) is 3.47. The predicted molar refractivity (Wildman–Crippen MR) is 111 cm³/mol. The summed E-state index contributed by atoms with van der Waals surface area (Å²) in [4.78, 5) is 38.5. The van der Waals surface area contributed by atoms with Crippen molar-refractivity contribution in [2.45, 2.75) is 38.5 Å². The van der Waals surface area contributed by atoms with Gasteiger partial charge in [0.25, 0.3) is 5.69 Å². The van der Waals surface area contributed by atoms with Crippen LogP contribution >= 0.6 is 0 Å². The Bertz CT molecular complexity index is 1060. The second-order valence-electron chi connectivity index (χ2n) is 7.37. The minimum absolute atomic E-state index is 0.0236. The average Bonchev–Trinajstić information content (AvgIpc) is 2.74. The number of allylic oxidation sites excluding steroid dienone is 2. The lowest BCUT2D eigenvalue weighted by molar-refractivity contribution is -0.384. The number of ether oxygens (including phenoxy) is 1. The molecule has 1 atom stereocenters. The molecule has 4 rings (SSSR count). The predicted octanol–water partition coefficient (Wildman–Crippen LogP) is 4.52. The van der Waals surface area contributed by atoms with Crippen LogP contribution in [0, 0.1) is 10.1 Å². The molecule has 0 fully saturated rings. The van der Waals surface area contributed by atoms with Crippen LogP contribution in [0.5, 0.6) is 5.75 Å². The van der Waals surface area contributed by atoms with Crippen LogP contribution in [0.2, 0.25) is 0 Å². The first-order valence-corrected chi connectivity index (χ1v) is 10.1. The van der Waals surface area contributed by atoms with Crippen LogP contribution in [0.1, 0.15) is 44.1 Å². The Labute approximate surface area is 174 Å². The van der Waals surface area contributed by atoms with Crippen molar-refractivity contribution in [1.29, 1.82) is 0 Å². The van der Waals surface area contributed by atoms with Gasteiger partial charge in [-0.15, -0.1) is 0 Å². The van der Waals surface area contributed by atoms with Gasteiger partial charge < -0.3 is 4.74 Å². The van der Waals surface area contributed by atoms with Crippen molar-refractivity contribution in [3.05, 3.63) is 75.5 Å². The number of hydrogen-bond acceptors (Lipinski definition) is 5. The number of carbonyl (C=O) groups is 2. The van der Waals surface area contributed by atoms with E-state index in [1.807, 2.05) is 31.2 Å². The second kappa shape index (κ2) is 8.10. The van der Waals surface area contributed by atoms with E-state index in [1.54, 1.807) is 12.1 Å². The number of anilines is 1. The van der Waals surface area contributed by atoms with Gasteiger partial charge in [-0.3, -0.25) is 24.6 Å². The smallest absolute Gasteiger partial charge is 0.271 e. The van der Waals surface area contributed by atoms with Gasteiger partial charge >= 0.3 is 0 Å². The minimum Gasteiger partial charge on any atom is -0.494 e. The van der Waals surface area contributed by atoms with Gasteiger partial charge in [-0.05, 0) is 31.9 Å². The number of nitro benzene ring substituents is 1. The summed E-state index contributed by atoms with van der Waals surface area (Å²) < 4.78 is 5.76. The fourth-order valence-electron chi connectivity index (χ4n) is 4.36. The number of carbonyl (C=O) groups excluding carboxylic acids is 2. The third-order valence-corrected chi connectivity index (χ3v) is 5.57. The van der Waals surface area contributed by atoms with Crippen LogP contribution in [-0.4, -0.2) is 23.2 Å². The molecule has 30 heavy (non-hydrogen) atoms. The normalized spacial score (nSPS) is 19.0. The first kappa shape index (κ1) is 19.8. The Balaban J connectivity index is 1.86. The number of para-hydroxylation sites is 1. The summed E-state index contributed by atoms with van der Waals surface area (Å²) in [5, 5.41) is 11.2. The zero-order valence-corrected chi connectivity index (χ0v) is 16.7. The van der Waals surface area contributed by atoms with Crippen LogP contribution in [0.25, 0.3) is 0 Å². The van der Waals surface area contributed by atoms with Gasteiger partial charge in [0.1, 0.15) is 5.75 Å². The number of Topliss-reactive ketones (excluding diaryl/α,β-unsaturated/α-hetero) is 1. The molecule has 7 nitrogen and oxygen atoms in total. The number of non-ortho nitro benzene ring substituents is 1. The Hall–Kier alpha value is -3.48. The van der Waals surface area contributed by atoms with E-state index in [2.05, 4.69) is 0 Å². The maximum Gasteiger partial charge on any atom is 0.271 e. The number of amides is 1. The lowest BCUT2D eigenvalue weighted by atomic mass is 9.77. The summed E-state index contributed by atoms with van der Waals surface area (Å²) in [6, 6.07) is 13.5. The maximum absolute atomic E-state index is 13.3. The van der Waals surface area contributed by atoms with E-state index in [9.17, 15) is 19.7 Å². The maximum atomic E-state index is 13.3. The molecule has 2 aromatic rings. The molecule has 0 saturated heterocycles. The van der Waals surface area contributed by atoms with E-state index in [0.717, 1.165) is 5.56 Å². The monoisotopic (exact) mass is 406 g/mol. The molecular formula is C23H22N2O5. The fourth-order valence-corrected chi connectivity index (χ4v) is 4.36. The molecule has 0 saturated carbocycles. The topological polar surface area (TPSA) is 89.8 Å². The SMILES string of the molecule is CCOc1ccccc1C1CC(=O)N(c2cccc([N+](=O)[O-])c2)C2=C1C(=O)CCC2. The summed E-state index contributed by atoms with van der Waals surface area (Å²) in [5.41, 5.74) is 2.44. The Kier molecular flexibility index (Phi) is 5.35. The van der Waals surface area contributed by atoms with Crippen LogP contribution in [0.4, 0.5) is 11.4 Å². The first-order valence-electron chi connectivity index (χ1n) is 10.1. The highest BCUT2D eigenvalue weighted by molar-refractivity contribution is 6.07. The molecule has 7 heteroatoms. The number of rotatable bonds is 5. The fraction of sp³-hybridized carbons (Fsp3) is 0.304. The molecule has 0 spiro atoms. The van der Waals surface area contributed by atoms with Crippen molar-refractivity contribution in [3.8, 4) is 5.75 Å². The molecule has 154 valence electrons. The van der Waals surface area contributed by atoms with Crippen LogP contribution in [-0.2, 0) is 9.59 Å². The van der Waals surface area contributed by atoms with Crippen LogP contribution < -0.4 is 9.64 Å². The molecule has 0 radical (unpaired) electrons. The van der Waals surface area contributed by atoms with E-state index in [-0.39, 0.29) is 29.7 Å². The van der Waals surface area contributed by atoms with Crippen LogP contribution in [0.15, 0.2) is 59.8 Å². The van der Waals surface area contributed by atoms with Gasteiger partial charge in [0.15, 0.2) is 5.78 Å². The van der Waals surface area contributed by atoms with Crippen molar-refractivity contribution in [3.63, 3.8) is 0 Å². The highest BCUT2D eigenvalue weighted by atomic mass is 16.6. The number of benzene rings is 2. The molecule has 1 aliphatic carbocycles. The summed E-state index contributed by atoms with van der Waals surface area (Å²) >= 11 is 0. The molecule has 1 unspecified atom stereocenters. The quantitative estimate of drug-likeness (QED) is 0.538. The highest BCUT2D eigenvalue weighted by Crippen LogP contribution is 2.45. The van der Waals surface area contributed by atoms with Gasteiger partial charge in [0.2, 0.25) is 5.91 Å². The van der Waals surface area contributed by atoms with Gasteiger partial charge in [0, 0.05) is 47.7 Å². The van der Waals surface area contributed by atoms with Gasteiger partial charge in [-0.1, -0.05) is 24.3 Å². The first-order chi connectivity index (χ1) is 14.5. The van der Waals surface area contributed by atoms with Crippen molar-refractivity contribution in [1.82, 2.24) is 0 Å². The average molecular weight is 406 g/mol. The van der Waals surface area contributed by atoms with Gasteiger partial charge in [0.05, 0.1) is 17.2 Å². The van der Waals surface area contributed by atoms with Crippen molar-refractivity contribution in [2.24, 2.45) is 0 Å². The number of nitrogens with zero attached hydrogens (tertiary/aromatic N) is 2. The van der Waals surface area contributed by atoms with Gasteiger partial charge in [-0.2, -0.15) is 0 Å². The zero-order valence-electron chi connectivity index (χ0n) is 16.7. The molecule has 0 bridgehead atoms. The Morgan fingerprint density at radius 1 is 1.13 bits per heavy atom. The van der Waals surface area contributed by atoms with Crippen molar-refractivity contribution < 1.29 is 19.2 Å². The molecule has 1 amide bonds. The van der Waals surface area contributed by atoms with Gasteiger partial charge in [-0.25, -0.2) is 0 Å². The van der Waals surface area contributed by atoms with Crippen molar-refractivity contribution in [2.75, 3.05) is 11.5 Å². The molecule has 1 heterocycles. The number of nitro groups is 1. The Morgan fingerprint density at radius 3 is 2.70 bits per heavy atom. The molecule has 0 N–H and O–H groups in total. The molecule has 2 aromatic carbocycles. The van der Waals surface area contributed by atoms with E-state index in [0.29, 0.717) is 48.6 Å². The van der Waals surface area contributed by atoms with Crippen molar-refractivity contribution >= 4 is 23.1 Å². The number of hydrogen-bond donors (Lipinski definition) is 0. The van der Waals surface area contributed by atoms with E-state index < -0.39 is 4.92 Å². The standard InChI is InChI=1S/C23H22N2O5/c1-2-30-21-12-4-3-9-17(21)18-14-22(27)24(19-10-6-11-20(26)23(18)19)15-7-5-8-16(13-15)25(28)29/h3-5,7-9,12-13,18H,2,6,10-11,14H2,1H3. The largest absolute Gasteiger partial charge is 0.494 e. The molecular weight excluding hydrogens is 384 g/mol. The lowest BCUT2D eigenvalue weighted by Crippen LogP contribution is -2.40.